The highest BCUT2D eigenvalue weighted by Gasteiger charge is 2.37. The molecule has 0 spiro atoms. The van der Waals surface area contributed by atoms with Crippen molar-refractivity contribution in [2.75, 3.05) is 13.1 Å². The van der Waals surface area contributed by atoms with Crippen LogP contribution in [-0.2, 0) is 19.2 Å². The standard InChI is InChI=1S/C16H25N5O/c1-13(2)21-11-15(17-18-21)16(22)7-5-9-20(12-16)10-14-6-4-8-19(14)3/h4,6,8,11,13,22H,5,7,9-10,12H2,1-3H3/t16-/m0/s1. The lowest BCUT2D eigenvalue weighted by molar-refractivity contribution is -0.0419. The van der Waals surface area contributed by atoms with Crippen LogP contribution in [0.25, 0.3) is 0 Å². The zero-order chi connectivity index (χ0) is 15.7. The topological polar surface area (TPSA) is 59.1 Å². The van der Waals surface area contributed by atoms with Crippen LogP contribution in [0, 0.1) is 0 Å². The predicted molar refractivity (Wildman–Crippen MR) is 84.2 cm³/mol. The van der Waals surface area contributed by atoms with E-state index in [1.807, 2.05) is 10.9 Å². The zero-order valence-corrected chi connectivity index (χ0v) is 13.6. The minimum atomic E-state index is -0.892. The van der Waals surface area contributed by atoms with Crippen molar-refractivity contribution in [2.24, 2.45) is 7.05 Å². The summed E-state index contributed by atoms with van der Waals surface area (Å²) < 4.78 is 3.94. The molecule has 0 aliphatic carbocycles. The number of rotatable bonds is 4. The molecule has 0 aromatic carbocycles. The maximum atomic E-state index is 11.0. The van der Waals surface area contributed by atoms with Crippen LogP contribution >= 0.6 is 0 Å². The summed E-state index contributed by atoms with van der Waals surface area (Å²) in [6.45, 7) is 6.58. The molecule has 1 aliphatic heterocycles. The van der Waals surface area contributed by atoms with Crippen molar-refractivity contribution in [1.82, 2.24) is 24.5 Å². The van der Waals surface area contributed by atoms with Gasteiger partial charge in [0, 0.05) is 38.1 Å². The second-order valence-corrected chi connectivity index (χ2v) is 6.63. The molecule has 1 N–H and O–H groups in total. The van der Waals surface area contributed by atoms with Crippen molar-refractivity contribution < 1.29 is 5.11 Å². The number of aryl methyl sites for hydroxylation is 1. The summed E-state index contributed by atoms with van der Waals surface area (Å²) >= 11 is 0. The maximum absolute atomic E-state index is 11.0. The molecule has 2 aromatic heterocycles. The largest absolute Gasteiger partial charge is 0.382 e. The molecule has 3 heterocycles. The molecule has 0 saturated carbocycles. The molecule has 1 saturated heterocycles. The first-order chi connectivity index (χ1) is 10.5. The van der Waals surface area contributed by atoms with Crippen molar-refractivity contribution in [1.29, 1.82) is 0 Å². The number of piperidine rings is 1. The van der Waals surface area contributed by atoms with Gasteiger partial charge >= 0.3 is 0 Å². The molecule has 3 rings (SSSR count). The fourth-order valence-electron chi connectivity index (χ4n) is 3.10. The molecular formula is C16H25N5O. The molecule has 6 nitrogen and oxygen atoms in total. The zero-order valence-electron chi connectivity index (χ0n) is 13.6. The number of nitrogens with zero attached hydrogens (tertiary/aromatic N) is 5. The minimum Gasteiger partial charge on any atom is -0.382 e. The molecule has 1 aliphatic rings. The minimum absolute atomic E-state index is 0.257. The van der Waals surface area contributed by atoms with Crippen molar-refractivity contribution >= 4 is 0 Å². The Morgan fingerprint density at radius 3 is 2.86 bits per heavy atom. The Bertz CT molecular complexity index is 632. The van der Waals surface area contributed by atoms with Gasteiger partial charge in [0.2, 0.25) is 0 Å². The highest BCUT2D eigenvalue weighted by Crippen LogP contribution is 2.31. The Kier molecular flexibility index (Phi) is 4.06. The average Bonchev–Trinajstić information content (AvgIpc) is 3.09. The summed E-state index contributed by atoms with van der Waals surface area (Å²) in [5.74, 6) is 0. The van der Waals surface area contributed by atoms with Crippen LogP contribution in [0.4, 0.5) is 0 Å². The van der Waals surface area contributed by atoms with Gasteiger partial charge in [-0.05, 0) is 45.4 Å². The summed E-state index contributed by atoms with van der Waals surface area (Å²) in [6, 6.07) is 4.44. The summed E-state index contributed by atoms with van der Waals surface area (Å²) in [5, 5.41) is 19.4. The van der Waals surface area contributed by atoms with Crippen LogP contribution in [-0.4, -0.2) is 42.7 Å². The molecule has 0 amide bonds. The molecule has 0 radical (unpaired) electrons. The molecule has 2 aromatic rings. The monoisotopic (exact) mass is 303 g/mol. The van der Waals surface area contributed by atoms with E-state index >= 15 is 0 Å². The fraction of sp³-hybridized carbons (Fsp3) is 0.625. The average molecular weight is 303 g/mol. The van der Waals surface area contributed by atoms with Gasteiger partial charge in [-0.2, -0.15) is 0 Å². The van der Waals surface area contributed by atoms with Gasteiger partial charge in [0.25, 0.3) is 0 Å². The van der Waals surface area contributed by atoms with Crippen molar-refractivity contribution in [3.05, 3.63) is 35.9 Å². The Labute approximate surface area is 131 Å². The SMILES string of the molecule is CC(C)n1cc([C@]2(O)CCCN(Cc3cccn3C)C2)nn1. The molecular weight excluding hydrogens is 278 g/mol. The second-order valence-electron chi connectivity index (χ2n) is 6.63. The van der Waals surface area contributed by atoms with E-state index in [4.69, 9.17) is 0 Å². The van der Waals surface area contributed by atoms with Crippen molar-refractivity contribution in [3.8, 4) is 0 Å². The predicted octanol–water partition coefficient (Wildman–Crippen LogP) is 1.68. The maximum Gasteiger partial charge on any atom is 0.123 e. The molecule has 22 heavy (non-hydrogen) atoms. The van der Waals surface area contributed by atoms with E-state index in [1.54, 1.807) is 0 Å². The normalized spacial score (nSPS) is 23.3. The summed E-state index contributed by atoms with van der Waals surface area (Å²) in [7, 11) is 2.06. The third-order valence-electron chi connectivity index (χ3n) is 4.50. The Hall–Kier alpha value is -1.66. The van der Waals surface area contributed by atoms with E-state index in [0.717, 1.165) is 25.9 Å². The van der Waals surface area contributed by atoms with Crippen LogP contribution in [0.5, 0.6) is 0 Å². The van der Waals surface area contributed by atoms with Crippen LogP contribution in [0.1, 0.15) is 44.1 Å². The summed E-state index contributed by atoms with van der Waals surface area (Å²) in [6.07, 6.45) is 5.65. The third-order valence-corrected chi connectivity index (χ3v) is 4.50. The van der Waals surface area contributed by atoms with Crippen molar-refractivity contribution in [2.45, 2.75) is 44.9 Å². The summed E-state index contributed by atoms with van der Waals surface area (Å²) in [5.41, 5.74) is 1.06. The van der Waals surface area contributed by atoms with Gasteiger partial charge in [-0.25, -0.2) is 4.68 Å². The Balaban J connectivity index is 1.74. The second kappa shape index (κ2) is 5.85. The number of hydrogen-bond acceptors (Lipinski definition) is 4. The lowest BCUT2D eigenvalue weighted by atomic mass is 9.90. The molecule has 6 heteroatoms. The first-order valence-electron chi connectivity index (χ1n) is 7.95. The highest BCUT2D eigenvalue weighted by molar-refractivity contribution is 5.11. The van der Waals surface area contributed by atoms with E-state index < -0.39 is 5.60 Å². The van der Waals surface area contributed by atoms with Gasteiger partial charge < -0.3 is 9.67 Å². The van der Waals surface area contributed by atoms with E-state index in [9.17, 15) is 5.11 Å². The number of hydrogen-bond donors (Lipinski definition) is 1. The molecule has 0 bridgehead atoms. The molecule has 0 unspecified atom stereocenters. The van der Waals surface area contributed by atoms with E-state index in [-0.39, 0.29) is 6.04 Å². The first kappa shape index (κ1) is 15.2. The number of β-amino-alcohol motifs (C(OH)–C–C–N with tert-alkyl or cyclic N) is 1. The highest BCUT2D eigenvalue weighted by atomic mass is 16.3. The summed E-state index contributed by atoms with van der Waals surface area (Å²) in [4.78, 5) is 2.30. The molecule has 120 valence electrons. The third kappa shape index (κ3) is 2.94. The van der Waals surface area contributed by atoms with Gasteiger partial charge in [-0.15, -0.1) is 5.10 Å². The van der Waals surface area contributed by atoms with Crippen molar-refractivity contribution in [3.63, 3.8) is 0 Å². The quantitative estimate of drug-likeness (QED) is 0.933. The molecule has 1 atom stereocenters. The number of aromatic nitrogens is 4. The fourth-order valence-corrected chi connectivity index (χ4v) is 3.10. The molecule has 1 fully saturated rings. The van der Waals surface area contributed by atoms with Crippen LogP contribution in [0.15, 0.2) is 24.5 Å². The first-order valence-corrected chi connectivity index (χ1v) is 7.95. The van der Waals surface area contributed by atoms with Crippen LogP contribution < -0.4 is 0 Å². The van der Waals surface area contributed by atoms with E-state index in [0.29, 0.717) is 12.2 Å². The Morgan fingerprint density at radius 2 is 2.23 bits per heavy atom. The Morgan fingerprint density at radius 1 is 1.41 bits per heavy atom. The van der Waals surface area contributed by atoms with Gasteiger partial charge in [0.15, 0.2) is 0 Å². The van der Waals surface area contributed by atoms with Gasteiger partial charge in [0.05, 0.1) is 6.20 Å². The van der Waals surface area contributed by atoms with Gasteiger partial charge in [-0.1, -0.05) is 5.21 Å². The van der Waals surface area contributed by atoms with Gasteiger partial charge in [-0.3, -0.25) is 4.90 Å². The van der Waals surface area contributed by atoms with Crippen LogP contribution in [0.3, 0.4) is 0 Å². The van der Waals surface area contributed by atoms with E-state index in [1.165, 1.54) is 5.69 Å². The number of aliphatic hydroxyl groups is 1. The van der Waals surface area contributed by atoms with Crippen LogP contribution in [0.2, 0.25) is 0 Å². The van der Waals surface area contributed by atoms with Gasteiger partial charge in [0.1, 0.15) is 11.3 Å². The van der Waals surface area contributed by atoms with E-state index in [2.05, 4.69) is 59.0 Å². The number of likely N-dealkylation sites (tertiary alicyclic amines) is 1. The smallest absolute Gasteiger partial charge is 0.123 e. The lowest BCUT2D eigenvalue weighted by Gasteiger charge is -2.38. The lowest BCUT2D eigenvalue weighted by Crippen LogP contribution is -2.46.